The fraction of sp³-hybridized carbons (Fsp3) is 0.333. The number of sulfone groups is 1. The molecule has 0 amide bonds. The van der Waals surface area contributed by atoms with Crippen LogP contribution in [0.5, 0.6) is 0 Å². The van der Waals surface area contributed by atoms with E-state index >= 15 is 0 Å². The van der Waals surface area contributed by atoms with Gasteiger partial charge in [-0.2, -0.15) is 4.98 Å². The molecule has 2 N–H and O–H groups in total. The molecule has 108 valence electrons. The molecule has 0 saturated carbocycles. The highest BCUT2D eigenvalue weighted by Crippen LogP contribution is 2.26. The van der Waals surface area contributed by atoms with Crippen molar-refractivity contribution in [3.05, 3.63) is 34.6 Å². The Morgan fingerprint density at radius 1 is 1.40 bits per heavy atom. The molecule has 1 unspecified atom stereocenters. The first-order chi connectivity index (χ1) is 9.37. The minimum Gasteiger partial charge on any atom is -0.337 e. The van der Waals surface area contributed by atoms with Gasteiger partial charge in [-0.1, -0.05) is 33.2 Å². The number of rotatable bonds is 5. The summed E-state index contributed by atoms with van der Waals surface area (Å²) in [5.74, 6) is 0.641. The molecule has 0 aliphatic rings. The molecular formula is C12H14BrN3O3S. The third-order valence-corrected chi connectivity index (χ3v) is 4.34. The Labute approximate surface area is 125 Å². The van der Waals surface area contributed by atoms with Gasteiger partial charge in [0.25, 0.3) is 0 Å². The summed E-state index contributed by atoms with van der Waals surface area (Å²) in [4.78, 5) is 4.21. The molecule has 0 bridgehead atoms. The van der Waals surface area contributed by atoms with E-state index in [1.807, 2.05) is 24.3 Å². The summed E-state index contributed by atoms with van der Waals surface area (Å²) in [5.41, 5.74) is 6.65. The first-order valence-electron chi connectivity index (χ1n) is 5.88. The van der Waals surface area contributed by atoms with Crippen molar-refractivity contribution in [2.24, 2.45) is 5.73 Å². The van der Waals surface area contributed by atoms with Gasteiger partial charge in [-0.3, -0.25) is 0 Å². The Balaban J connectivity index is 2.15. The number of hydrogen-bond acceptors (Lipinski definition) is 6. The summed E-state index contributed by atoms with van der Waals surface area (Å²) in [6.07, 6.45) is 1.41. The molecule has 20 heavy (non-hydrogen) atoms. The van der Waals surface area contributed by atoms with Crippen molar-refractivity contribution in [2.45, 2.75) is 12.5 Å². The van der Waals surface area contributed by atoms with Gasteiger partial charge in [0, 0.05) is 16.3 Å². The van der Waals surface area contributed by atoms with Crippen LogP contribution >= 0.6 is 15.9 Å². The first-order valence-corrected chi connectivity index (χ1v) is 8.74. The maximum atomic E-state index is 11.1. The average Bonchev–Trinajstić information content (AvgIpc) is 2.85. The van der Waals surface area contributed by atoms with Crippen molar-refractivity contribution >= 4 is 25.8 Å². The van der Waals surface area contributed by atoms with Crippen molar-refractivity contribution in [1.29, 1.82) is 0 Å². The summed E-state index contributed by atoms with van der Waals surface area (Å²) in [5, 5.41) is 3.87. The second kappa shape index (κ2) is 6.02. The highest BCUT2D eigenvalue weighted by Gasteiger charge is 2.18. The zero-order valence-electron chi connectivity index (χ0n) is 10.8. The maximum absolute atomic E-state index is 11.1. The van der Waals surface area contributed by atoms with Crippen molar-refractivity contribution < 1.29 is 12.9 Å². The van der Waals surface area contributed by atoms with E-state index in [9.17, 15) is 8.42 Å². The smallest absolute Gasteiger partial charge is 0.243 e. The zero-order chi connectivity index (χ0) is 14.8. The highest BCUT2D eigenvalue weighted by atomic mass is 79.9. The Morgan fingerprint density at radius 2 is 2.10 bits per heavy atom. The van der Waals surface area contributed by atoms with E-state index in [-0.39, 0.29) is 18.1 Å². The Hall–Kier alpha value is -1.25. The predicted molar refractivity (Wildman–Crippen MR) is 78.7 cm³/mol. The van der Waals surface area contributed by atoms with E-state index in [2.05, 4.69) is 26.1 Å². The molecule has 0 spiro atoms. The van der Waals surface area contributed by atoms with Gasteiger partial charge < -0.3 is 10.3 Å². The number of halogens is 1. The van der Waals surface area contributed by atoms with Crippen molar-refractivity contribution in [2.75, 3.05) is 12.0 Å². The number of nitrogens with zero attached hydrogens (tertiary/aromatic N) is 2. The van der Waals surface area contributed by atoms with Crippen LogP contribution in [-0.4, -0.2) is 30.6 Å². The SMILES string of the molecule is CS(=O)(=O)CCC(N)c1nc(-c2ccccc2Br)no1. The van der Waals surface area contributed by atoms with Crippen LogP contribution in [0.4, 0.5) is 0 Å². The molecule has 0 fully saturated rings. The standard InChI is InChI=1S/C12H14BrN3O3S/c1-20(17,18)7-6-10(14)12-15-11(16-19-12)8-4-2-3-5-9(8)13/h2-5,10H,6-7,14H2,1H3. The minimum absolute atomic E-state index is 0.0130. The highest BCUT2D eigenvalue weighted by molar-refractivity contribution is 9.10. The summed E-state index contributed by atoms with van der Waals surface area (Å²) in [7, 11) is -3.06. The Bertz CT molecular complexity index is 699. The number of hydrogen-bond donors (Lipinski definition) is 1. The van der Waals surface area contributed by atoms with Crippen molar-refractivity contribution in [3.8, 4) is 11.4 Å². The van der Waals surface area contributed by atoms with Crippen LogP contribution < -0.4 is 5.73 Å². The topological polar surface area (TPSA) is 99.1 Å². The van der Waals surface area contributed by atoms with E-state index in [1.54, 1.807) is 0 Å². The molecule has 8 heteroatoms. The Morgan fingerprint density at radius 3 is 2.75 bits per heavy atom. The predicted octanol–water partition coefficient (Wildman–Crippen LogP) is 1.93. The molecular weight excluding hydrogens is 346 g/mol. The van der Waals surface area contributed by atoms with E-state index in [4.69, 9.17) is 10.3 Å². The van der Waals surface area contributed by atoms with Crippen LogP contribution in [0.15, 0.2) is 33.3 Å². The van der Waals surface area contributed by atoms with Gasteiger partial charge in [0.2, 0.25) is 11.7 Å². The van der Waals surface area contributed by atoms with Crippen LogP contribution in [0.3, 0.4) is 0 Å². The Kier molecular flexibility index (Phi) is 4.56. The molecule has 1 aromatic heterocycles. The van der Waals surface area contributed by atoms with Crippen LogP contribution in [0.25, 0.3) is 11.4 Å². The van der Waals surface area contributed by atoms with Crippen LogP contribution in [0, 0.1) is 0 Å². The third-order valence-electron chi connectivity index (χ3n) is 2.67. The molecule has 0 radical (unpaired) electrons. The monoisotopic (exact) mass is 359 g/mol. The average molecular weight is 360 g/mol. The molecule has 2 rings (SSSR count). The van der Waals surface area contributed by atoms with Crippen LogP contribution in [0.1, 0.15) is 18.4 Å². The molecule has 2 aromatic rings. The minimum atomic E-state index is -3.06. The molecule has 0 aliphatic heterocycles. The van der Waals surface area contributed by atoms with E-state index in [0.29, 0.717) is 5.82 Å². The lowest BCUT2D eigenvalue weighted by Gasteiger charge is -2.04. The lowest BCUT2D eigenvalue weighted by Crippen LogP contribution is -2.16. The molecule has 1 atom stereocenters. The molecule has 0 aliphatic carbocycles. The maximum Gasteiger partial charge on any atom is 0.243 e. The normalized spacial score (nSPS) is 13.3. The number of benzene rings is 1. The molecule has 1 aromatic carbocycles. The fourth-order valence-corrected chi connectivity index (χ4v) is 2.75. The lowest BCUT2D eigenvalue weighted by molar-refractivity contribution is 0.352. The van der Waals surface area contributed by atoms with Gasteiger partial charge in [0.1, 0.15) is 9.84 Å². The van der Waals surface area contributed by atoms with Gasteiger partial charge in [0.05, 0.1) is 11.8 Å². The largest absolute Gasteiger partial charge is 0.337 e. The third kappa shape index (κ3) is 3.87. The second-order valence-corrected chi connectivity index (χ2v) is 7.58. The van der Waals surface area contributed by atoms with Crippen LogP contribution in [0.2, 0.25) is 0 Å². The van der Waals surface area contributed by atoms with Crippen molar-refractivity contribution in [1.82, 2.24) is 10.1 Å². The van der Waals surface area contributed by atoms with Gasteiger partial charge in [0.15, 0.2) is 0 Å². The number of aromatic nitrogens is 2. The van der Waals surface area contributed by atoms with Gasteiger partial charge in [-0.05, 0) is 18.6 Å². The summed E-state index contributed by atoms with van der Waals surface area (Å²) in [6, 6.07) is 6.87. The summed E-state index contributed by atoms with van der Waals surface area (Å²) in [6.45, 7) is 0. The van der Waals surface area contributed by atoms with E-state index in [0.717, 1.165) is 10.0 Å². The second-order valence-electron chi connectivity index (χ2n) is 4.46. The molecule has 6 nitrogen and oxygen atoms in total. The summed E-state index contributed by atoms with van der Waals surface area (Å²) >= 11 is 3.40. The quantitative estimate of drug-likeness (QED) is 0.875. The van der Waals surface area contributed by atoms with Gasteiger partial charge >= 0.3 is 0 Å². The van der Waals surface area contributed by atoms with Crippen LogP contribution in [-0.2, 0) is 9.84 Å². The zero-order valence-corrected chi connectivity index (χ0v) is 13.2. The fourth-order valence-electron chi connectivity index (χ4n) is 1.60. The summed E-state index contributed by atoms with van der Waals surface area (Å²) < 4.78 is 28.2. The van der Waals surface area contributed by atoms with Gasteiger partial charge in [-0.15, -0.1) is 0 Å². The first kappa shape index (κ1) is 15.1. The molecule has 0 saturated heterocycles. The number of nitrogens with two attached hydrogens (primary N) is 1. The lowest BCUT2D eigenvalue weighted by atomic mass is 10.2. The molecule has 1 heterocycles. The van der Waals surface area contributed by atoms with E-state index in [1.165, 1.54) is 6.26 Å². The van der Waals surface area contributed by atoms with E-state index < -0.39 is 15.9 Å². The van der Waals surface area contributed by atoms with Crippen molar-refractivity contribution in [3.63, 3.8) is 0 Å². The van der Waals surface area contributed by atoms with Gasteiger partial charge in [-0.25, -0.2) is 8.42 Å².